The molecule has 0 aromatic heterocycles. The minimum atomic E-state index is -0.559. The van der Waals surface area contributed by atoms with Gasteiger partial charge in [0.2, 0.25) is 0 Å². The fourth-order valence-corrected chi connectivity index (χ4v) is 2.76. The summed E-state index contributed by atoms with van der Waals surface area (Å²) in [5, 5.41) is 19.1. The van der Waals surface area contributed by atoms with Crippen LogP contribution in [0.1, 0.15) is 26.7 Å². The van der Waals surface area contributed by atoms with E-state index in [4.69, 9.17) is 0 Å². The molecule has 0 aromatic rings. The summed E-state index contributed by atoms with van der Waals surface area (Å²) in [6.45, 7) is 4.24. The van der Waals surface area contributed by atoms with E-state index in [2.05, 4.69) is 13.8 Å². The van der Waals surface area contributed by atoms with Gasteiger partial charge in [0, 0.05) is 11.5 Å². The summed E-state index contributed by atoms with van der Waals surface area (Å²) in [6.07, 6.45) is 1.13. The van der Waals surface area contributed by atoms with Gasteiger partial charge in [-0.2, -0.15) is 23.5 Å². The smallest absolute Gasteiger partial charge is 0.0897 e. The molecule has 0 rings (SSSR count). The Labute approximate surface area is 95.9 Å². The Kier molecular flexibility index (Phi) is 10.6. The predicted octanol–water partition coefficient (Wildman–Crippen LogP) is 1.99. The lowest BCUT2D eigenvalue weighted by Crippen LogP contribution is -2.30. The molecule has 0 saturated heterocycles. The van der Waals surface area contributed by atoms with Crippen molar-refractivity contribution in [1.29, 1.82) is 0 Å². The molecule has 0 aliphatic rings. The van der Waals surface area contributed by atoms with E-state index >= 15 is 0 Å². The average Bonchev–Trinajstić information content (AvgIpc) is 2.18. The zero-order chi connectivity index (χ0) is 10.8. The zero-order valence-electron chi connectivity index (χ0n) is 9.11. The van der Waals surface area contributed by atoms with Gasteiger partial charge >= 0.3 is 0 Å². The van der Waals surface area contributed by atoms with Crippen molar-refractivity contribution < 1.29 is 10.2 Å². The first-order valence-corrected chi connectivity index (χ1v) is 7.54. The normalized spacial score (nSPS) is 15.4. The van der Waals surface area contributed by atoms with Crippen LogP contribution in [-0.4, -0.2) is 45.4 Å². The number of aliphatic hydroxyl groups excluding tert-OH is 2. The van der Waals surface area contributed by atoms with Crippen molar-refractivity contribution in [1.82, 2.24) is 0 Å². The van der Waals surface area contributed by atoms with Crippen LogP contribution in [0.3, 0.4) is 0 Å². The molecule has 0 aromatic carbocycles. The second kappa shape index (κ2) is 10.1. The maximum atomic E-state index is 9.56. The van der Waals surface area contributed by atoms with Gasteiger partial charge in [0.25, 0.3) is 0 Å². The van der Waals surface area contributed by atoms with Crippen LogP contribution in [0.2, 0.25) is 0 Å². The van der Waals surface area contributed by atoms with Gasteiger partial charge in [-0.1, -0.05) is 13.8 Å². The monoisotopic (exact) mass is 238 g/mol. The fraction of sp³-hybridized carbons (Fsp3) is 1.00. The van der Waals surface area contributed by atoms with Crippen molar-refractivity contribution >= 4 is 23.5 Å². The van der Waals surface area contributed by atoms with Crippen LogP contribution in [0, 0.1) is 0 Å². The van der Waals surface area contributed by atoms with Crippen LogP contribution in [0.4, 0.5) is 0 Å². The van der Waals surface area contributed by atoms with Crippen molar-refractivity contribution in [2.24, 2.45) is 0 Å². The summed E-state index contributed by atoms with van der Waals surface area (Å²) in [6, 6.07) is 0. The van der Waals surface area contributed by atoms with E-state index in [9.17, 15) is 10.2 Å². The number of aliphatic hydroxyl groups is 2. The first-order chi connectivity index (χ1) is 6.72. The maximum absolute atomic E-state index is 9.56. The highest BCUT2D eigenvalue weighted by Gasteiger charge is 2.15. The van der Waals surface area contributed by atoms with Gasteiger partial charge in [-0.3, -0.25) is 0 Å². The summed E-state index contributed by atoms with van der Waals surface area (Å²) < 4.78 is 0. The average molecular weight is 238 g/mol. The van der Waals surface area contributed by atoms with E-state index in [0.29, 0.717) is 11.5 Å². The van der Waals surface area contributed by atoms with Crippen molar-refractivity contribution in [3.8, 4) is 0 Å². The second-order valence-electron chi connectivity index (χ2n) is 3.28. The van der Waals surface area contributed by atoms with Crippen molar-refractivity contribution in [3.05, 3.63) is 0 Å². The molecule has 2 N–H and O–H groups in total. The van der Waals surface area contributed by atoms with Crippen molar-refractivity contribution in [2.75, 3.05) is 23.0 Å². The van der Waals surface area contributed by atoms with Gasteiger partial charge in [0.15, 0.2) is 0 Å². The van der Waals surface area contributed by atoms with E-state index in [-0.39, 0.29) is 0 Å². The molecule has 0 saturated carbocycles. The number of hydrogen-bond donors (Lipinski definition) is 2. The molecular formula is C10H22O2S2. The third kappa shape index (κ3) is 7.97. The molecule has 2 nitrogen and oxygen atoms in total. The molecule has 2 unspecified atom stereocenters. The molecule has 0 spiro atoms. The minimum absolute atomic E-state index is 0.559. The third-order valence-electron chi connectivity index (χ3n) is 1.72. The Morgan fingerprint density at radius 3 is 1.50 bits per heavy atom. The Morgan fingerprint density at radius 1 is 0.857 bits per heavy atom. The van der Waals surface area contributed by atoms with E-state index < -0.39 is 12.2 Å². The van der Waals surface area contributed by atoms with Gasteiger partial charge < -0.3 is 10.2 Å². The molecule has 2 atom stereocenters. The molecule has 0 heterocycles. The molecule has 0 aliphatic heterocycles. The minimum Gasteiger partial charge on any atom is -0.390 e. The highest BCUT2D eigenvalue weighted by Crippen LogP contribution is 2.11. The predicted molar refractivity (Wildman–Crippen MR) is 67.2 cm³/mol. The molecule has 14 heavy (non-hydrogen) atoms. The maximum Gasteiger partial charge on any atom is 0.0897 e. The standard InChI is InChI=1S/C10H22O2S2/c1-3-5-13-7-9(11)10(12)8-14-6-4-2/h9-12H,3-8H2,1-2H3. The Hall–Kier alpha value is 0.620. The molecule has 0 fully saturated rings. The molecule has 0 amide bonds. The Morgan fingerprint density at radius 2 is 1.21 bits per heavy atom. The molecular weight excluding hydrogens is 216 g/mol. The zero-order valence-corrected chi connectivity index (χ0v) is 10.7. The highest BCUT2D eigenvalue weighted by molar-refractivity contribution is 7.99. The Bertz CT molecular complexity index is 109. The summed E-state index contributed by atoms with van der Waals surface area (Å²) >= 11 is 3.42. The topological polar surface area (TPSA) is 40.5 Å². The van der Waals surface area contributed by atoms with E-state index in [1.165, 1.54) is 0 Å². The SMILES string of the molecule is CCCSCC(O)C(O)CSCCC. The second-order valence-corrected chi connectivity index (χ2v) is 5.58. The van der Waals surface area contributed by atoms with Gasteiger partial charge in [0.05, 0.1) is 12.2 Å². The molecule has 0 aliphatic carbocycles. The molecule has 0 bridgehead atoms. The molecule has 86 valence electrons. The van der Waals surface area contributed by atoms with Crippen LogP contribution < -0.4 is 0 Å². The number of rotatable bonds is 9. The van der Waals surface area contributed by atoms with E-state index in [1.807, 2.05) is 0 Å². The first-order valence-electron chi connectivity index (χ1n) is 5.24. The lowest BCUT2D eigenvalue weighted by atomic mass is 10.3. The number of hydrogen-bond acceptors (Lipinski definition) is 4. The number of thioether (sulfide) groups is 2. The van der Waals surface area contributed by atoms with Crippen molar-refractivity contribution in [2.45, 2.75) is 38.9 Å². The van der Waals surface area contributed by atoms with Crippen LogP contribution in [0.25, 0.3) is 0 Å². The first kappa shape index (κ1) is 14.6. The summed E-state index contributed by atoms with van der Waals surface area (Å²) in [5.74, 6) is 3.43. The van der Waals surface area contributed by atoms with Gasteiger partial charge in [-0.25, -0.2) is 0 Å². The summed E-state index contributed by atoms with van der Waals surface area (Å²) in [7, 11) is 0. The lowest BCUT2D eigenvalue weighted by molar-refractivity contribution is 0.0500. The largest absolute Gasteiger partial charge is 0.390 e. The highest BCUT2D eigenvalue weighted by atomic mass is 32.2. The fourth-order valence-electron chi connectivity index (χ4n) is 0.919. The summed E-state index contributed by atoms with van der Waals surface area (Å²) in [4.78, 5) is 0. The third-order valence-corrected chi connectivity index (χ3v) is 4.27. The molecule has 0 radical (unpaired) electrons. The Balaban J connectivity index is 3.39. The van der Waals surface area contributed by atoms with E-state index in [1.54, 1.807) is 23.5 Å². The van der Waals surface area contributed by atoms with Gasteiger partial charge in [-0.05, 0) is 24.3 Å². The van der Waals surface area contributed by atoms with Crippen LogP contribution >= 0.6 is 23.5 Å². The quantitative estimate of drug-likeness (QED) is 0.603. The van der Waals surface area contributed by atoms with Crippen molar-refractivity contribution in [3.63, 3.8) is 0 Å². The molecule has 4 heteroatoms. The summed E-state index contributed by atoms with van der Waals surface area (Å²) in [5.41, 5.74) is 0. The van der Waals surface area contributed by atoms with E-state index in [0.717, 1.165) is 24.3 Å². The lowest BCUT2D eigenvalue weighted by Gasteiger charge is -2.16. The van der Waals surface area contributed by atoms with Gasteiger partial charge in [-0.15, -0.1) is 0 Å². The van der Waals surface area contributed by atoms with Crippen LogP contribution in [0.15, 0.2) is 0 Å². The van der Waals surface area contributed by atoms with Gasteiger partial charge in [0.1, 0.15) is 0 Å². The van der Waals surface area contributed by atoms with Crippen LogP contribution in [0.5, 0.6) is 0 Å². The van der Waals surface area contributed by atoms with Crippen LogP contribution in [-0.2, 0) is 0 Å².